The molecule has 0 radical (unpaired) electrons. The van der Waals surface area contributed by atoms with Crippen molar-refractivity contribution in [2.24, 2.45) is 0 Å². The second-order valence-electron chi connectivity index (χ2n) is 8.29. The summed E-state index contributed by atoms with van der Waals surface area (Å²) in [7, 11) is 0. The van der Waals surface area contributed by atoms with E-state index < -0.39 is 0 Å². The number of benzene rings is 4. The number of imidazole rings is 1. The van der Waals surface area contributed by atoms with Gasteiger partial charge in [-0.15, -0.1) is 11.3 Å². The Bertz CT molecular complexity index is 1700. The fourth-order valence-electron chi connectivity index (χ4n) is 4.39. The van der Waals surface area contributed by atoms with Crippen LogP contribution in [-0.4, -0.2) is 15.5 Å². The molecule has 1 N–H and O–H groups in total. The average Bonchev–Trinajstić information content (AvgIpc) is 3.53. The monoisotopic (exact) mass is 585 g/mol. The van der Waals surface area contributed by atoms with Crippen LogP contribution in [0.4, 0.5) is 0 Å². The molecule has 0 unspecified atom stereocenters. The molecule has 0 saturated carbocycles. The summed E-state index contributed by atoms with van der Waals surface area (Å²) in [5.74, 6) is -0.154. The minimum absolute atomic E-state index is 0.154. The highest BCUT2D eigenvalue weighted by Gasteiger charge is 2.15. The van der Waals surface area contributed by atoms with Crippen LogP contribution < -0.4 is 5.32 Å². The molecule has 1 amide bonds. The number of hydrogen-bond donors (Lipinski definition) is 1. The number of amides is 1. The summed E-state index contributed by atoms with van der Waals surface area (Å²) in [6.07, 6.45) is 3.31. The lowest BCUT2D eigenvalue weighted by molar-refractivity contribution is 0.0944. The fraction of sp³-hybridized carbons (Fsp3) is 0.0345. The Balaban J connectivity index is 1.34. The van der Waals surface area contributed by atoms with E-state index in [9.17, 15) is 4.79 Å². The zero-order valence-electron chi connectivity index (χ0n) is 18.6. The molecule has 4 nitrogen and oxygen atoms in total. The molecule has 6 rings (SSSR count). The SMILES string of the molecule is O=C(NCc1cccc(I)c1)c1cncn1-c1cccc(-c2cccc3c2sc2ccccc23)c1. The first kappa shape index (κ1) is 22.0. The molecule has 2 heterocycles. The Hall–Kier alpha value is -3.49. The minimum atomic E-state index is -0.154. The minimum Gasteiger partial charge on any atom is -0.347 e. The van der Waals surface area contributed by atoms with E-state index in [-0.39, 0.29) is 5.91 Å². The summed E-state index contributed by atoms with van der Waals surface area (Å²) in [4.78, 5) is 17.3. The van der Waals surface area contributed by atoms with Crippen molar-refractivity contribution in [1.29, 1.82) is 0 Å². The number of thiophene rings is 1. The van der Waals surface area contributed by atoms with Gasteiger partial charge in [-0.25, -0.2) is 4.98 Å². The summed E-state index contributed by atoms with van der Waals surface area (Å²) < 4.78 is 5.54. The van der Waals surface area contributed by atoms with Gasteiger partial charge in [-0.3, -0.25) is 9.36 Å². The maximum atomic E-state index is 13.0. The second-order valence-corrected chi connectivity index (χ2v) is 10.6. The lowest BCUT2D eigenvalue weighted by Crippen LogP contribution is -2.25. The zero-order valence-corrected chi connectivity index (χ0v) is 21.6. The molecule has 0 atom stereocenters. The van der Waals surface area contributed by atoms with Crippen molar-refractivity contribution in [3.63, 3.8) is 0 Å². The second kappa shape index (κ2) is 9.28. The van der Waals surface area contributed by atoms with Crippen LogP contribution in [0.5, 0.6) is 0 Å². The Morgan fingerprint density at radius 1 is 0.914 bits per heavy atom. The highest BCUT2D eigenvalue weighted by molar-refractivity contribution is 14.1. The van der Waals surface area contributed by atoms with Crippen molar-refractivity contribution in [3.8, 4) is 16.8 Å². The summed E-state index contributed by atoms with van der Waals surface area (Å²) in [5, 5.41) is 5.58. The predicted octanol–water partition coefficient (Wildman–Crippen LogP) is 7.44. The van der Waals surface area contributed by atoms with Crippen molar-refractivity contribution in [2.45, 2.75) is 6.54 Å². The number of aromatic nitrogens is 2. The van der Waals surface area contributed by atoms with Gasteiger partial charge in [0.2, 0.25) is 0 Å². The van der Waals surface area contributed by atoms with E-state index in [4.69, 9.17) is 0 Å². The van der Waals surface area contributed by atoms with Gasteiger partial charge in [-0.1, -0.05) is 60.7 Å². The number of carbonyl (C=O) groups is 1. The Kier molecular flexibility index (Phi) is 5.83. The third kappa shape index (κ3) is 4.24. The summed E-state index contributed by atoms with van der Waals surface area (Å²) in [6.45, 7) is 0.467. The van der Waals surface area contributed by atoms with Crippen LogP contribution in [0, 0.1) is 3.57 Å². The Morgan fingerprint density at radius 3 is 2.66 bits per heavy atom. The maximum Gasteiger partial charge on any atom is 0.270 e. The van der Waals surface area contributed by atoms with E-state index in [0.29, 0.717) is 12.2 Å². The van der Waals surface area contributed by atoms with Crippen LogP contribution >= 0.6 is 33.9 Å². The molecule has 0 fully saturated rings. The largest absolute Gasteiger partial charge is 0.347 e. The van der Waals surface area contributed by atoms with Gasteiger partial charge >= 0.3 is 0 Å². The van der Waals surface area contributed by atoms with Crippen LogP contribution in [-0.2, 0) is 6.54 Å². The van der Waals surface area contributed by atoms with Gasteiger partial charge in [0.1, 0.15) is 5.69 Å². The first-order valence-electron chi connectivity index (χ1n) is 11.2. The van der Waals surface area contributed by atoms with E-state index in [2.05, 4.69) is 93.6 Å². The van der Waals surface area contributed by atoms with E-state index in [1.54, 1.807) is 12.5 Å². The maximum absolute atomic E-state index is 13.0. The molecule has 4 aromatic carbocycles. The summed E-state index contributed by atoms with van der Waals surface area (Å²) in [5.41, 5.74) is 4.77. The molecule has 170 valence electrons. The van der Waals surface area contributed by atoms with Crippen molar-refractivity contribution < 1.29 is 4.79 Å². The van der Waals surface area contributed by atoms with Gasteiger partial charge < -0.3 is 5.32 Å². The first-order chi connectivity index (χ1) is 17.2. The lowest BCUT2D eigenvalue weighted by atomic mass is 10.0. The summed E-state index contributed by atoms with van der Waals surface area (Å²) >= 11 is 4.09. The Labute approximate surface area is 220 Å². The number of halogens is 1. The normalized spacial score (nSPS) is 11.2. The molecule has 2 aromatic heterocycles. The highest BCUT2D eigenvalue weighted by atomic mass is 127. The van der Waals surface area contributed by atoms with Gasteiger partial charge in [-0.2, -0.15) is 0 Å². The molecule has 6 aromatic rings. The number of hydrogen-bond acceptors (Lipinski definition) is 3. The molecule has 0 aliphatic carbocycles. The van der Waals surface area contributed by atoms with Gasteiger partial charge in [0.15, 0.2) is 0 Å². The van der Waals surface area contributed by atoms with Crippen LogP contribution in [0.3, 0.4) is 0 Å². The van der Waals surface area contributed by atoms with Gasteiger partial charge in [0.05, 0.1) is 12.5 Å². The number of nitrogens with one attached hydrogen (secondary N) is 1. The lowest BCUT2D eigenvalue weighted by Gasteiger charge is -2.11. The Morgan fingerprint density at radius 2 is 1.74 bits per heavy atom. The quantitative estimate of drug-likeness (QED) is 0.214. The molecule has 6 heteroatoms. The molecular weight excluding hydrogens is 565 g/mol. The predicted molar refractivity (Wildman–Crippen MR) is 152 cm³/mol. The number of carbonyl (C=O) groups excluding carboxylic acids is 1. The molecule has 0 saturated heterocycles. The molecule has 0 bridgehead atoms. The third-order valence-electron chi connectivity index (χ3n) is 6.05. The van der Waals surface area contributed by atoms with Crippen LogP contribution in [0.2, 0.25) is 0 Å². The van der Waals surface area contributed by atoms with E-state index in [1.165, 1.54) is 25.7 Å². The van der Waals surface area contributed by atoms with E-state index in [0.717, 1.165) is 20.4 Å². The number of rotatable bonds is 5. The fourth-order valence-corrected chi connectivity index (χ4v) is 6.23. The van der Waals surface area contributed by atoms with Crippen molar-refractivity contribution in [3.05, 3.63) is 118 Å². The van der Waals surface area contributed by atoms with Crippen molar-refractivity contribution in [2.75, 3.05) is 0 Å². The van der Waals surface area contributed by atoms with Gasteiger partial charge in [-0.05, 0) is 69.6 Å². The topological polar surface area (TPSA) is 46.9 Å². The molecule has 0 aliphatic rings. The van der Waals surface area contributed by atoms with Crippen LogP contribution in [0.25, 0.3) is 37.0 Å². The van der Waals surface area contributed by atoms with E-state index in [1.807, 2.05) is 46.2 Å². The van der Waals surface area contributed by atoms with Crippen molar-refractivity contribution >= 4 is 60.0 Å². The molecular formula is C29H20IN3OS. The van der Waals surface area contributed by atoms with E-state index >= 15 is 0 Å². The van der Waals surface area contributed by atoms with Gasteiger partial charge in [0, 0.05) is 36.0 Å². The molecule has 0 spiro atoms. The third-order valence-corrected chi connectivity index (χ3v) is 7.94. The zero-order chi connectivity index (χ0) is 23.8. The first-order valence-corrected chi connectivity index (χ1v) is 13.1. The summed E-state index contributed by atoms with van der Waals surface area (Å²) in [6, 6.07) is 31.4. The highest BCUT2D eigenvalue weighted by Crippen LogP contribution is 2.40. The molecule has 0 aliphatic heterocycles. The number of fused-ring (bicyclic) bond motifs is 3. The number of nitrogens with zero attached hydrogens (tertiary/aromatic N) is 2. The average molecular weight is 585 g/mol. The van der Waals surface area contributed by atoms with Crippen LogP contribution in [0.15, 0.2) is 104 Å². The smallest absolute Gasteiger partial charge is 0.270 e. The van der Waals surface area contributed by atoms with Crippen molar-refractivity contribution in [1.82, 2.24) is 14.9 Å². The molecule has 35 heavy (non-hydrogen) atoms. The standard InChI is InChI=1S/C29H20IN3OS/c30-21-8-3-6-19(14-21)16-32-29(34)26-17-31-18-33(26)22-9-4-7-20(15-22)23-11-5-12-25-24-10-1-2-13-27(24)35-28(23)25/h1-15,17-18H,16H2,(H,32,34). The van der Waals surface area contributed by atoms with Crippen LogP contribution in [0.1, 0.15) is 16.1 Å². The van der Waals surface area contributed by atoms with Gasteiger partial charge in [0.25, 0.3) is 5.91 Å².